The first-order valence-electron chi connectivity index (χ1n) is 15.6. The molecule has 2 amide bonds. The first-order valence-corrected chi connectivity index (χ1v) is 18.5. The molecule has 2 heterocycles. The number of carbonyl (C=O) groups excluding carboxylic acids is 2. The molecule has 1 unspecified atom stereocenters. The molecule has 4 aromatic rings. The molecule has 0 radical (unpaired) electrons. The highest BCUT2D eigenvalue weighted by Gasteiger charge is 2.54. The van der Waals surface area contributed by atoms with Crippen LogP contribution in [0.1, 0.15) is 60.6 Å². The van der Waals surface area contributed by atoms with Gasteiger partial charge in [0.2, 0.25) is 15.9 Å². The van der Waals surface area contributed by atoms with Crippen molar-refractivity contribution in [3.05, 3.63) is 93.8 Å². The highest BCUT2D eigenvalue weighted by Crippen LogP contribution is 2.40. The lowest BCUT2D eigenvalue weighted by Crippen LogP contribution is -2.69. The average Bonchev–Trinajstić information content (AvgIpc) is 3.50. The van der Waals surface area contributed by atoms with Crippen molar-refractivity contribution < 1.29 is 27.5 Å². The van der Waals surface area contributed by atoms with E-state index in [2.05, 4.69) is 4.72 Å². The zero-order valence-corrected chi connectivity index (χ0v) is 29.4. The van der Waals surface area contributed by atoms with Crippen LogP contribution in [0.4, 0.5) is 0 Å². The van der Waals surface area contributed by atoms with Gasteiger partial charge in [-0.15, -0.1) is 11.3 Å². The summed E-state index contributed by atoms with van der Waals surface area (Å²) in [6.07, 6.45) is 1.16. The van der Waals surface area contributed by atoms with Crippen molar-refractivity contribution in [3.8, 4) is 11.5 Å². The number of ether oxygens (including phenoxy) is 2. The number of rotatable bonds is 14. The molecule has 0 spiro atoms. The van der Waals surface area contributed by atoms with Crippen LogP contribution in [0.15, 0.2) is 72.1 Å². The Kier molecular flexibility index (Phi) is 10.8. The Balaban J connectivity index is 1.34. The number of methoxy groups -OCH3 is 2. The molecule has 1 fully saturated rings. The summed E-state index contributed by atoms with van der Waals surface area (Å²) in [4.78, 5) is 32.0. The molecule has 250 valence electrons. The van der Waals surface area contributed by atoms with Crippen LogP contribution in [0.5, 0.6) is 11.5 Å². The molecule has 1 aromatic heterocycles. The standard InChI is InChI=1S/C35H40ClN3O6S2/c1-5-35(17-19-39(35)33(40)30-23-46-32-10-7-6-9-29(30)32)34(41)38(24(2)25-11-14-27(36)15-12-25)18-8-20-47(42,43)37-22-26-13-16-28(44-3)21-31(26)45-4/h6-7,9-16,21,23-24,37H,5,8,17-20,22H2,1-4H3/t24-,35?/m0/s1. The van der Waals surface area contributed by atoms with E-state index >= 15 is 0 Å². The van der Waals surface area contributed by atoms with Gasteiger partial charge in [0.1, 0.15) is 17.0 Å². The van der Waals surface area contributed by atoms with Crippen LogP contribution >= 0.6 is 22.9 Å². The summed E-state index contributed by atoms with van der Waals surface area (Å²) in [6, 6.07) is 19.9. The summed E-state index contributed by atoms with van der Waals surface area (Å²) in [6.45, 7) is 4.55. The van der Waals surface area contributed by atoms with Crippen molar-refractivity contribution in [3.63, 3.8) is 0 Å². The minimum absolute atomic E-state index is 0.0482. The van der Waals surface area contributed by atoms with Gasteiger partial charge in [0.15, 0.2) is 0 Å². The number of benzene rings is 3. The van der Waals surface area contributed by atoms with Crippen LogP contribution in [0.25, 0.3) is 10.1 Å². The minimum atomic E-state index is -3.70. The van der Waals surface area contributed by atoms with Gasteiger partial charge in [-0.3, -0.25) is 9.59 Å². The van der Waals surface area contributed by atoms with E-state index in [9.17, 15) is 18.0 Å². The lowest BCUT2D eigenvalue weighted by atomic mass is 9.79. The summed E-state index contributed by atoms with van der Waals surface area (Å²) < 4.78 is 40.5. The van der Waals surface area contributed by atoms with Gasteiger partial charge in [-0.05, 0) is 56.0 Å². The van der Waals surface area contributed by atoms with Gasteiger partial charge >= 0.3 is 0 Å². The number of nitrogens with zero attached hydrogens (tertiary/aromatic N) is 2. The SMILES string of the molecule is CCC1(C(=O)N(CCCS(=O)(=O)NCc2ccc(OC)cc2OC)[C@@H](C)c2ccc(Cl)cc2)CCN1C(=O)c1csc2ccccc12. The molecule has 0 bridgehead atoms. The smallest absolute Gasteiger partial charge is 0.256 e. The summed E-state index contributed by atoms with van der Waals surface area (Å²) in [7, 11) is -0.635. The first-order chi connectivity index (χ1) is 22.5. The Bertz CT molecular complexity index is 1840. The Morgan fingerprint density at radius 3 is 2.49 bits per heavy atom. The monoisotopic (exact) mass is 697 g/mol. The molecule has 0 aliphatic carbocycles. The highest BCUT2D eigenvalue weighted by atomic mass is 35.5. The van der Waals surface area contributed by atoms with Gasteiger partial charge in [-0.1, -0.05) is 54.9 Å². The van der Waals surface area contributed by atoms with Crippen molar-refractivity contribution in [1.82, 2.24) is 14.5 Å². The molecule has 1 aliphatic heterocycles. The molecule has 12 heteroatoms. The van der Waals surface area contributed by atoms with Gasteiger partial charge < -0.3 is 19.3 Å². The van der Waals surface area contributed by atoms with E-state index in [-0.39, 0.29) is 43.1 Å². The highest BCUT2D eigenvalue weighted by molar-refractivity contribution is 7.89. The normalized spacial score (nSPS) is 16.8. The number of thiophene rings is 1. The number of carbonyl (C=O) groups is 2. The fourth-order valence-electron chi connectivity index (χ4n) is 6.16. The Morgan fingerprint density at radius 1 is 1.09 bits per heavy atom. The number of hydrogen-bond acceptors (Lipinski definition) is 7. The fourth-order valence-corrected chi connectivity index (χ4v) is 8.25. The first kappa shape index (κ1) is 34.7. The van der Waals surface area contributed by atoms with E-state index in [1.54, 1.807) is 47.2 Å². The van der Waals surface area contributed by atoms with Crippen LogP contribution in [0.2, 0.25) is 5.02 Å². The third-order valence-corrected chi connectivity index (χ3v) is 11.7. The van der Waals surface area contributed by atoms with Crippen LogP contribution in [-0.4, -0.2) is 68.6 Å². The largest absolute Gasteiger partial charge is 0.497 e. The third kappa shape index (κ3) is 7.28. The second-order valence-electron chi connectivity index (χ2n) is 11.6. The van der Waals surface area contributed by atoms with E-state index in [4.69, 9.17) is 21.1 Å². The number of sulfonamides is 1. The van der Waals surface area contributed by atoms with E-state index < -0.39 is 15.6 Å². The predicted octanol–water partition coefficient (Wildman–Crippen LogP) is 6.67. The number of fused-ring (bicyclic) bond motifs is 1. The molecule has 0 saturated carbocycles. The zero-order valence-electron chi connectivity index (χ0n) is 27.0. The van der Waals surface area contributed by atoms with Gasteiger partial charge in [-0.2, -0.15) is 0 Å². The second-order valence-corrected chi connectivity index (χ2v) is 14.9. The van der Waals surface area contributed by atoms with Gasteiger partial charge in [0.05, 0.1) is 31.6 Å². The summed E-state index contributed by atoms with van der Waals surface area (Å²) in [5.74, 6) is 0.582. The average molecular weight is 698 g/mol. The number of hydrogen-bond donors (Lipinski definition) is 1. The van der Waals surface area contributed by atoms with Crippen molar-refractivity contribution in [2.24, 2.45) is 0 Å². The van der Waals surface area contributed by atoms with Crippen LogP contribution < -0.4 is 14.2 Å². The van der Waals surface area contributed by atoms with Gasteiger partial charge in [0.25, 0.3) is 5.91 Å². The topological polar surface area (TPSA) is 105 Å². The van der Waals surface area contributed by atoms with Crippen LogP contribution in [-0.2, 0) is 21.4 Å². The third-order valence-electron chi connectivity index (χ3n) is 9.07. The Hall–Kier alpha value is -3.64. The summed E-state index contributed by atoms with van der Waals surface area (Å²) in [5.41, 5.74) is 1.10. The maximum absolute atomic E-state index is 14.6. The van der Waals surface area contributed by atoms with Crippen molar-refractivity contribution in [2.45, 2.75) is 51.2 Å². The number of halogens is 1. The molecule has 47 heavy (non-hydrogen) atoms. The molecular formula is C35H40ClN3O6S2. The van der Waals surface area contributed by atoms with Crippen molar-refractivity contribution in [2.75, 3.05) is 33.1 Å². The maximum atomic E-state index is 14.6. The second kappa shape index (κ2) is 14.6. The minimum Gasteiger partial charge on any atom is -0.497 e. The van der Waals surface area contributed by atoms with Crippen molar-refractivity contribution >= 4 is 54.9 Å². The lowest BCUT2D eigenvalue weighted by Gasteiger charge is -2.53. The van der Waals surface area contributed by atoms with E-state index in [0.29, 0.717) is 47.0 Å². The van der Waals surface area contributed by atoms with Gasteiger partial charge in [0, 0.05) is 51.8 Å². The molecule has 1 N–H and O–H groups in total. The van der Waals surface area contributed by atoms with Gasteiger partial charge in [-0.25, -0.2) is 13.1 Å². The zero-order chi connectivity index (χ0) is 33.8. The summed E-state index contributed by atoms with van der Waals surface area (Å²) >= 11 is 7.67. The molecule has 1 aliphatic rings. The lowest BCUT2D eigenvalue weighted by molar-refractivity contribution is -0.153. The molecule has 1 saturated heterocycles. The molecule has 5 rings (SSSR count). The van der Waals surface area contributed by atoms with Crippen LogP contribution in [0.3, 0.4) is 0 Å². The molecule has 3 aromatic carbocycles. The van der Waals surface area contributed by atoms with E-state index in [0.717, 1.165) is 15.6 Å². The maximum Gasteiger partial charge on any atom is 0.256 e. The fraction of sp³-hybridized carbons (Fsp3) is 0.371. The quantitative estimate of drug-likeness (QED) is 0.158. The number of amides is 2. The molecular weight excluding hydrogens is 658 g/mol. The van der Waals surface area contributed by atoms with E-state index in [1.807, 2.05) is 55.6 Å². The number of nitrogens with one attached hydrogen (secondary N) is 1. The molecule has 2 atom stereocenters. The Morgan fingerprint density at radius 2 is 1.83 bits per heavy atom. The van der Waals surface area contributed by atoms with Crippen molar-refractivity contribution in [1.29, 1.82) is 0 Å². The Labute approximate surface area is 285 Å². The van der Waals surface area contributed by atoms with E-state index in [1.165, 1.54) is 18.4 Å². The molecule has 9 nitrogen and oxygen atoms in total. The predicted molar refractivity (Wildman–Crippen MR) is 187 cm³/mol. The summed E-state index contributed by atoms with van der Waals surface area (Å²) in [5, 5.41) is 3.32. The van der Waals surface area contributed by atoms with Crippen LogP contribution in [0, 0.1) is 0 Å². The number of likely N-dealkylation sites (tertiary alicyclic amines) is 1.